The average molecular weight is 385 g/mol. The zero-order valence-electron chi connectivity index (χ0n) is 16.9. The van der Waals surface area contributed by atoms with Gasteiger partial charge in [0.2, 0.25) is 0 Å². The molecule has 0 aliphatic carbocycles. The summed E-state index contributed by atoms with van der Waals surface area (Å²) in [4.78, 5) is 26.9. The molecule has 1 heterocycles. The van der Waals surface area contributed by atoms with Crippen LogP contribution in [0.25, 0.3) is 6.08 Å². The van der Waals surface area contributed by atoms with Gasteiger partial charge in [-0.05, 0) is 37.1 Å². The Balaban J connectivity index is 2.45. The summed E-state index contributed by atoms with van der Waals surface area (Å²) < 4.78 is 15.8. The van der Waals surface area contributed by atoms with E-state index in [2.05, 4.69) is 13.5 Å². The number of unbranched alkanes of at least 4 members (excludes halogenated alkanes) is 1. The topological polar surface area (TPSA) is 65.1 Å². The zero-order valence-corrected chi connectivity index (χ0v) is 16.9. The predicted molar refractivity (Wildman–Crippen MR) is 108 cm³/mol. The standard InChI is InChI=1S/C22H27NO5/c1-6-8-11-23-15(3)20(22(25)27-5)17(21(23)24)13-16-9-10-18(28-12-7-2)19(14-16)26-4/h7,9-10,13-14H,2,6,8,11-12H2,1,3-5H3/b17-13-. The molecule has 0 unspecified atom stereocenters. The number of ether oxygens (including phenoxy) is 3. The van der Waals surface area contributed by atoms with Crippen LogP contribution in [0, 0.1) is 0 Å². The first-order valence-corrected chi connectivity index (χ1v) is 9.23. The Hall–Kier alpha value is -3.02. The van der Waals surface area contributed by atoms with Crippen LogP contribution in [-0.2, 0) is 14.3 Å². The minimum Gasteiger partial charge on any atom is -0.493 e. The van der Waals surface area contributed by atoms with Gasteiger partial charge >= 0.3 is 5.97 Å². The summed E-state index contributed by atoms with van der Waals surface area (Å²) >= 11 is 0. The van der Waals surface area contributed by atoms with Crippen LogP contribution in [0.15, 0.2) is 47.7 Å². The number of hydrogen-bond donors (Lipinski definition) is 0. The van der Waals surface area contributed by atoms with Gasteiger partial charge in [0.1, 0.15) is 6.61 Å². The Bertz CT molecular complexity index is 822. The fraction of sp³-hybridized carbons (Fsp3) is 0.364. The molecule has 28 heavy (non-hydrogen) atoms. The summed E-state index contributed by atoms with van der Waals surface area (Å²) in [6, 6.07) is 5.33. The van der Waals surface area contributed by atoms with Gasteiger partial charge in [-0.2, -0.15) is 0 Å². The number of nitrogens with zero attached hydrogens (tertiary/aromatic N) is 1. The van der Waals surface area contributed by atoms with Crippen molar-refractivity contribution in [2.75, 3.05) is 27.4 Å². The monoisotopic (exact) mass is 385 g/mol. The highest BCUT2D eigenvalue weighted by Gasteiger charge is 2.36. The van der Waals surface area contributed by atoms with E-state index in [0.717, 1.165) is 18.4 Å². The largest absolute Gasteiger partial charge is 0.493 e. The van der Waals surface area contributed by atoms with Gasteiger partial charge in [0.25, 0.3) is 5.91 Å². The summed E-state index contributed by atoms with van der Waals surface area (Å²) in [7, 11) is 2.86. The van der Waals surface area contributed by atoms with Gasteiger partial charge in [-0.1, -0.05) is 32.1 Å². The van der Waals surface area contributed by atoms with Crippen LogP contribution in [0.1, 0.15) is 32.3 Å². The van der Waals surface area contributed by atoms with Crippen molar-refractivity contribution in [3.8, 4) is 11.5 Å². The number of esters is 1. The van der Waals surface area contributed by atoms with Crippen LogP contribution in [0.5, 0.6) is 11.5 Å². The summed E-state index contributed by atoms with van der Waals surface area (Å²) in [6.07, 6.45) is 5.14. The second-order valence-electron chi connectivity index (χ2n) is 6.33. The van der Waals surface area contributed by atoms with Crippen molar-refractivity contribution in [3.05, 3.63) is 53.3 Å². The molecule has 1 aliphatic heterocycles. The normalized spacial score (nSPS) is 15.2. The summed E-state index contributed by atoms with van der Waals surface area (Å²) in [6.45, 7) is 8.38. The Morgan fingerprint density at radius 1 is 1.25 bits per heavy atom. The summed E-state index contributed by atoms with van der Waals surface area (Å²) in [5.74, 6) is 0.392. The van der Waals surface area contributed by atoms with Crippen LogP contribution in [0.3, 0.4) is 0 Å². The molecule has 0 atom stereocenters. The first-order valence-electron chi connectivity index (χ1n) is 9.23. The van der Waals surface area contributed by atoms with Crippen molar-refractivity contribution in [1.29, 1.82) is 0 Å². The average Bonchev–Trinajstić information content (AvgIpc) is 2.94. The summed E-state index contributed by atoms with van der Waals surface area (Å²) in [5.41, 5.74) is 1.96. The van der Waals surface area contributed by atoms with Gasteiger partial charge in [0, 0.05) is 12.2 Å². The highest BCUT2D eigenvalue weighted by Crippen LogP contribution is 2.34. The predicted octanol–water partition coefficient (Wildman–Crippen LogP) is 3.73. The second-order valence-corrected chi connectivity index (χ2v) is 6.33. The maximum absolute atomic E-state index is 13.0. The van der Waals surface area contributed by atoms with Crippen molar-refractivity contribution in [1.82, 2.24) is 4.90 Å². The number of carbonyl (C=O) groups is 2. The lowest BCUT2D eigenvalue weighted by Gasteiger charge is -2.17. The molecule has 0 saturated heterocycles. The maximum atomic E-state index is 13.0. The van der Waals surface area contributed by atoms with E-state index in [1.807, 2.05) is 0 Å². The Labute approximate surface area is 166 Å². The molecular weight excluding hydrogens is 358 g/mol. The molecule has 0 spiro atoms. The molecule has 0 N–H and O–H groups in total. The van der Waals surface area contributed by atoms with E-state index in [1.54, 1.807) is 49.3 Å². The molecule has 1 aliphatic rings. The molecule has 1 amide bonds. The third-order valence-corrected chi connectivity index (χ3v) is 4.49. The van der Waals surface area contributed by atoms with Gasteiger partial charge in [0.15, 0.2) is 11.5 Å². The Morgan fingerprint density at radius 2 is 2.00 bits per heavy atom. The highest BCUT2D eigenvalue weighted by atomic mass is 16.5. The number of allylic oxidation sites excluding steroid dienone is 1. The van der Waals surface area contributed by atoms with Crippen LogP contribution >= 0.6 is 0 Å². The van der Waals surface area contributed by atoms with Gasteiger partial charge < -0.3 is 19.1 Å². The molecule has 0 bridgehead atoms. The third kappa shape index (κ3) is 4.44. The van der Waals surface area contributed by atoms with Crippen molar-refractivity contribution >= 4 is 18.0 Å². The van der Waals surface area contributed by atoms with E-state index in [1.165, 1.54) is 7.11 Å². The van der Waals surface area contributed by atoms with E-state index < -0.39 is 5.97 Å². The molecule has 150 valence electrons. The molecule has 2 rings (SSSR count). The van der Waals surface area contributed by atoms with E-state index in [-0.39, 0.29) is 5.91 Å². The fourth-order valence-corrected chi connectivity index (χ4v) is 3.02. The zero-order chi connectivity index (χ0) is 20.7. The number of benzene rings is 1. The smallest absolute Gasteiger partial charge is 0.340 e. The second kappa shape index (κ2) is 9.78. The highest BCUT2D eigenvalue weighted by molar-refractivity contribution is 6.16. The van der Waals surface area contributed by atoms with Crippen molar-refractivity contribution in [3.63, 3.8) is 0 Å². The lowest BCUT2D eigenvalue weighted by molar-refractivity contribution is -0.136. The van der Waals surface area contributed by atoms with E-state index in [9.17, 15) is 9.59 Å². The summed E-state index contributed by atoms with van der Waals surface area (Å²) in [5, 5.41) is 0. The number of methoxy groups -OCH3 is 2. The van der Waals surface area contributed by atoms with Crippen LogP contribution < -0.4 is 9.47 Å². The molecule has 0 radical (unpaired) electrons. The molecule has 1 aromatic rings. The molecule has 0 saturated carbocycles. The van der Waals surface area contributed by atoms with Crippen LogP contribution in [0.2, 0.25) is 0 Å². The van der Waals surface area contributed by atoms with Crippen molar-refractivity contribution in [2.45, 2.75) is 26.7 Å². The maximum Gasteiger partial charge on any atom is 0.340 e. The van der Waals surface area contributed by atoms with Gasteiger partial charge in [-0.3, -0.25) is 4.79 Å². The number of carbonyl (C=O) groups excluding carboxylic acids is 2. The van der Waals surface area contributed by atoms with E-state index in [4.69, 9.17) is 14.2 Å². The first-order chi connectivity index (χ1) is 13.5. The SMILES string of the molecule is C=CCOc1ccc(/C=C2\C(=O)N(CCCC)C(C)=C2C(=O)OC)cc1OC. The molecule has 0 aromatic heterocycles. The van der Waals surface area contributed by atoms with Gasteiger partial charge in [0.05, 0.1) is 25.4 Å². The molecular formula is C22H27NO5. The first kappa shape index (κ1) is 21.3. The van der Waals surface area contributed by atoms with E-state index in [0.29, 0.717) is 41.5 Å². The molecule has 6 nitrogen and oxygen atoms in total. The van der Waals surface area contributed by atoms with Gasteiger partial charge in [-0.25, -0.2) is 4.79 Å². The Kier molecular flexibility index (Phi) is 7.44. The van der Waals surface area contributed by atoms with E-state index >= 15 is 0 Å². The lowest BCUT2D eigenvalue weighted by Crippen LogP contribution is -2.26. The van der Waals surface area contributed by atoms with Crippen LogP contribution in [0.4, 0.5) is 0 Å². The van der Waals surface area contributed by atoms with Gasteiger partial charge in [-0.15, -0.1) is 0 Å². The number of rotatable bonds is 9. The Morgan fingerprint density at radius 3 is 2.61 bits per heavy atom. The lowest BCUT2D eigenvalue weighted by atomic mass is 10.0. The quantitative estimate of drug-likeness (QED) is 0.368. The third-order valence-electron chi connectivity index (χ3n) is 4.49. The minimum atomic E-state index is -0.519. The number of amides is 1. The van der Waals surface area contributed by atoms with Crippen molar-refractivity contribution in [2.24, 2.45) is 0 Å². The van der Waals surface area contributed by atoms with Crippen LogP contribution in [-0.4, -0.2) is 44.1 Å². The minimum absolute atomic E-state index is 0.197. The number of hydrogen-bond acceptors (Lipinski definition) is 5. The molecule has 1 aromatic carbocycles. The van der Waals surface area contributed by atoms with Crippen molar-refractivity contribution < 1.29 is 23.8 Å². The fourth-order valence-electron chi connectivity index (χ4n) is 3.02. The molecule has 0 fully saturated rings. The molecule has 6 heteroatoms.